The largest absolute Gasteiger partial charge is 0.377 e. The first-order chi connectivity index (χ1) is 8.66. The molecule has 1 saturated heterocycles. The highest BCUT2D eigenvalue weighted by Crippen LogP contribution is 2.23. The van der Waals surface area contributed by atoms with E-state index in [1.807, 2.05) is 11.8 Å². The summed E-state index contributed by atoms with van der Waals surface area (Å²) in [6.07, 6.45) is 2.89. The van der Waals surface area contributed by atoms with Gasteiger partial charge < -0.3 is 10.5 Å². The molecule has 2 atom stereocenters. The molecule has 1 aliphatic rings. The highest BCUT2D eigenvalue weighted by Gasteiger charge is 2.16. The minimum absolute atomic E-state index is 0.135. The molecular formula is C15H23NOS. The van der Waals surface area contributed by atoms with Crippen molar-refractivity contribution in [3.05, 3.63) is 34.9 Å². The van der Waals surface area contributed by atoms with Crippen LogP contribution < -0.4 is 5.73 Å². The molecule has 100 valence electrons. The summed E-state index contributed by atoms with van der Waals surface area (Å²) in [5.41, 5.74) is 10.2. The van der Waals surface area contributed by atoms with Crippen molar-refractivity contribution in [2.75, 3.05) is 18.1 Å². The zero-order valence-electron chi connectivity index (χ0n) is 11.3. The van der Waals surface area contributed by atoms with Gasteiger partial charge in [-0.05, 0) is 37.8 Å². The number of rotatable bonds is 5. The van der Waals surface area contributed by atoms with Gasteiger partial charge in [0.15, 0.2) is 0 Å². The van der Waals surface area contributed by atoms with Crippen molar-refractivity contribution in [2.45, 2.75) is 38.8 Å². The van der Waals surface area contributed by atoms with Crippen molar-refractivity contribution in [2.24, 2.45) is 5.73 Å². The molecule has 0 bridgehead atoms. The van der Waals surface area contributed by atoms with E-state index in [4.69, 9.17) is 10.5 Å². The Bertz CT molecular complexity index is 388. The SMILES string of the molecule is Cc1ccc(C)c(C(N)CSCC2CCCO2)c1. The van der Waals surface area contributed by atoms with Crippen molar-refractivity contribution in [1.82, 2.24) is 0 Å². The lowest BCUT2D eigenvalue weighted by Gasteiger charge is -2.16. The van der Waals surface area contributed by atoms with E-state index >= 15 is 0 Å². The van der Waals surface area contributed by atoms with Gasteiger partial charge in [-0.25, -0.2) is 0 Å². The van der Waals surface area contributed by atoms with Crippen LogP contribution >= 0.6 is 11.8 Å². The van der Waals surface area contributed by atoms with E-state index in [1.54, 1.807) is 0 Å². The first-order valence-corrected chi connectivity index (χ1v) is 7.84. The van der Waals surface area contributed by atoms with E-state index in [9.17, 15) is 0 Å². The molecule has 2 nitrogen and oxygen atoms in total. The van der Waals surface area contributed by atoms with Crippen LogP contribution in [0.1, 0.15) is 35.6 Å². The molecule has 0 aromatic heterocycles. The Labute approximate surface area is 114 Å². The molecule has 18 heavy (non-hydrogen) atoms. The zero-order valence-corrected chi connectivity index (χ0v) is 12.1. The van der Waals surface area contributed by atoms with E-state index in [0.29, 0.717) is 6.10 Å². The minimum Gasteiger partial charge on any atom is -0.377 e. The van der Waals surface area contributed by atoms with Crippen molar-refractivity contribution in [1.29, 1.82) is 0 Å². The molecule has 1 heterocycles. The molecule has 0 spiro atoms. The molecule has 2 N–H and O–H groups in total. The van der Waals surface area contributed by atoms with Crippen molar-refractivity contribution >= 4 is 11.8 Å². The standard InChI is InChI=1S/C15H23NOS/c1-11-5-6-12(2)14(8-11)15(16)10-18-9-13-4-3-7-17-13/h5-6,8,13,15H,3-4,7,9-10,16H2,1-2H3. The second-order valence-electron chi connectivity index (χ2n) is 5.14. The third-order valence-electron chi connectivity index (χ3n) is 3.46. The fraction of sp³-hybridized carbons (Fsp3) is 0.600. The van der Waals surface area contributed by atoms with Gasteiger partial charge in [-0.1, -0.05) is 23.8 Å². The molecular weight excluding hydrogens is 242 g/mol. The Balaban J connectivity index is 1.83. The monoisotopic (exact) mass is 265 g/mol. The van der Waals surface area contributed by atoms with Crippen molar-refractivity contribution in [3.63, 3.8) is 0 Å². The summed E-state index contributed by atoms with van der Waals surface area (Å²) < 4.78 is 5.62. The quantitative estimate of drug-likeness (QED) is 0.888. The fourth-order valence-electron chi connectivity index (χ4n) is 2.35. The number of nitrogens with two attached hydrogens (primary N) is 1. The van der Waals surface area contributed by atoms with Gasteiger partial charge in [0.05, 0.1) is 6.10 Å². The highest BCUT2D eigenvalue weighted by molar-refractivity contribution is 7.99. The van der Waals surface area contributed by atoms with Crippen LogP contribution in [-0.4, -0.2) is 24.2 Å². The Morgan fingerprint density at radius 3 is 3.00 bits per heavy atom. The predicted octanol–water partition coefficient (Wildman–Crippen LogP) is 3.22. The molecule has 0 radical (unpaired) electrons. The molecule has 1 fully saturated rings. The molecule has 1 aliphatic heterocycles. The molecule has 0 saturated carbocycles. The maximum Gasteiger partial charge on any atom is 0.0666 e. The van der Waals surface area contributed by atoms with Crippen LogP contribution in [0.15, 0.2) is 18.2 Å². The van der Waals surface area contributed by atoms with Crippen LogP contribution in [0.2, 0.25) is 0 Å². The Morgan fingerprint density at radius 1 is 1.44 bits per heavy atom. The van der Waals surface area contributed by atoms with Crippen LogP contribution in [-0.2, 0) is 4.74 Å². The smallest absolute Gasteiger partial charge is 0.0666 e. The first kappa shape index (κ1) is 13.9. The number of hydrogen-bond donors (Lipinski definition) is 1. The van der Waals surface area contributed by atoms with Gasteiger partial charge in [-0.15, -0.1) is 0 Å². The van der Waals surface area contributed by atoms with E-state index in [1.165, 1.54) is 29.5 Å². The summed E-state index contributed by atoms with van der Waals surface area (Å²) in [6, 6.07) is 6.66. The topological polar surface area (TPSA) is 35.2 Å². The highest BCUT2D eigenvalue weighted by atomic mass is 32.2. The van der Waals surface area contributed by atoms with Crippen LogP contribution in [0.25, 0.3) is 0 Å². The van der Waals surface area contributed by atoms with Crippen molar-refractivity contribution < 1.29 is 4.74 Å². The average Bonchev–Trinajstić information content (AvgIpc) is 2.85. The zero-order chi connectivity index (χ0) is 13.0. The van der Waals surface area contributed by atoms with Gasteiger partial charge in [0.25, 0.3) is 0 Å². The second kappa shape index (κ2) is 6.60. The number of thioether (sulfide) groups is 1. The van der Waals surface area contributed by atoms with Crippen LogP contribution in [0.5, 0.6) is 0 Å². The number of hydrogen-bond acceptors (Lipinski definition) is 3. The van der Waals surface area contributed by atoms with Gasteiger partial charge in [0, 0.05) is 24.2 Å². The molecule has 0 aliphatic carbocycles. The average molecular weight is 265 g/mol. The lowest BCUT2D eigenvalue weighted by molar-refractivity contribution is 0.129. The van der Waals surface area contributed by atoms with Crippen molar-refractivity contribution in [3.8, 4) is 0 Å². The fourth-order valence-corrected chi connectivity index (χ4v) is 3.45. The van der Waals surface area contributed by atoms with Gasteiger partial charge in [-0.2, -0.15) is 11.8 Å². The lowest BCUT2D eigenvalue weighted by Crippen LogP contribution is -2.17. The number of ether oxygens (including phenoxy) is 1. The Hall–Kier alpha value is -0.510. The van der Waals surface area contributed by atoms with E-state index in [-0.39, 0.29) is 6.04 Å². The summed E-state index contributed by atoms with van der Waals surface area (Å²) >= 11 is 1.92. The van der Waals surface area contributed by atoms with Crippen LogP contribution in [0.3, 0.4) is 0 Å². The third-order valence-corrected chi connectivity index (χ3v) is 4.66. The van der Waals surface area contributed by atoms with E-state index in [0.717, 1.165) is 18.1 Å². The van der Waals surface area contributed by atoms with Crippen LogP contribution in [0, 0.1) is 13.8 Å². The summed E-state index contributed by atoms with van der Waals surface area (Å²) in [5.74, 6) is 2.06. The maximum atomic E-state index is 6.29. The van der Waals surface area contributed by atoms with Gasteiger partial charge in [0.2, 0.25) is 0 Å². The predicted molar refractivity (Wildman–Crippen MR) is 79.1 cm³/mol. The summed E-state index contributed by atoms with van der Waals surface area (Å²) in [4.78, 5) is 0. The second-order valence-corrected chi connectivity index (χ2v) is 6.21. The number of aryl methyl sites for hydroxylation is 2. The van der Waals surface area contributed by atoms with E-state index < -0.39 is 0 Å². The minimum atomic E-state index is 0.135. The Morgan fingerprint density at radius 2 is 2.28 bits per heavy atom. The summed E-state index contributed by atoms with van der Waals surface area (Å²) in [7, 11) is 0. The summed E-state index contributed by atoms with van der Waals surface area (Å²) in [5, 5.41) is 0. The summed E-state index contributed by atoms with van der Waals surface area (Å²) in [6.45, 7) is 5.20. The van der Waals surface area contributed by atoms with E-state index in [2.05, 4.69) is 32.0 Å². The normalized spacial score (nSPS) is 21.2. The molecule has 1 aromatic carbocycles. The maximum absolute atomic E-state index is 6.29. The van der Waals surface area contributed by atoms with Crippen LogP contribution in [0.4, 0.5) is 0 Å². The first-order valence-electron chi connectivity index (χ1n) is 6.69. The molecule has 1 aromatic rings. The molecule has 0 amide bonds. The Kier molecular flexibility index (Phi) is 5.10. The van der Waals surface area contributed by atoms with Gasteiger partial charge >= 0.3 is 0 Å². The van der Waals surface area contributed by atoms with Gasteiger partial charge in [0.1, 0.15) is 0 Å². The molecule has 3 heteroatoms. The lowest BCUT2D eigenvalue weighted by atomic mass is 10.0. The molecule has 2 unspecified atom stereocenters. The third kappa shape index (κ3) is 3.74. The number of benzene rings is 1. The van der Waals surface area contributed by atoms with Gasteiger partial charge in [-0.3, -0.25) is 0 Å². The molecule has 2 rings (SSSR count).